The molecule has 0 unspecified atom stereocenters. The molecule has 1 atom stereocenters. The van der Waals surface area contributed by atoms with Gasteiger partial charge in [-0.1, -0.05) is 13.8 Å². The molecule has 7 heteroatoms. The SMILES string of the molecule is COc1ccc(C(=O)N[C@@H](C(=O)Nc2ccc(N3CCN(C)CC3)cc2C)C(C)C)cc1. The molecule has 1 heterocycles. The van der Waals surface area contributed by atoms with Crippen molar-refractivity contribution in [3.8, 4) is 5.75 Å². The Kier molecular flexibility index (Phi) is 7.75. The highest BCUT2D eigenvalue weighted by Gasteiger charge is 2.25. The predicted molar refractivity (Wildman–Crippen MR) is 129 cm³/mol. The van der Waals surface area contributed by atoms with Crippen LogP contribution in [0.3, 0.4) is 0 Å². The van der Waals surface area contributed by atoms with E-state index in [4.69, 9.17) is 4.74 Å². The average Bonchev–Trinajstić information content (AvgIpc) is 2.79. The Morgan fingerprint density at radius 2 is 1.66 bits per heavy atom. The molecule has 1 aliphatic rings. The van der Waals surface area contributed by atoms with Crippen LogP contribution in [-0.2, 0) is 4.79 Å². The Bertz CT molecular complexity index is 935. The number of nitrogens with one attached hydrogen (secondary N) is 2. The van der Waals surface area contributed by atoms with Crippen LogP contribution in [0.15, 0.2) is 42.5 Å². The predicted octanol–water partition coefficient (Wildman–Crippen LogP) is 3.15. The highest BCUT2D eigenvalue weighted by Crippen LogP contribution is 2.24. The standard InChI is InChI=1S/C25H34N4O3/c1-17(2)23(27-24(30)19-6-9-21(32-5)10-7-19)25(31)26-22-11-8-20(16-18(22)3)29-14-12-28(4)13-15-29/h6-11,16-17,23H,12-15H2,1-5H3,(H,26,31)(H,27,30)/t23-/m1/s1. The second-order valence-corrected chi connectivity index (χ2v) is 8.70. The van der Waals surface area contributed by atoms with E-state index in [2.05, 4.69) is 33.5 Å². The molecular weight excluding hydrogens is 404 g/mol. The summed E-state index contributed by atoms with van der Waals surface area (Å²) in [5.74, 6) is 0.0956. The molecule has 0 bridgehead atoms. The molecule has 2 N–H and O–H groups in total. The van der Waals surface area contributed by atoms with Crippen LogP contribution < -0.4 is 20.3 Å². The normalized spacial score (nSPS) is 15.4. The first-order valence-electron chi connectivity index (χ1n) is 11.1. The van der Waals surface area contributed by atoms with E-state index < -0.39 is 6.04 Å². The van der Waals surface area contributed by atoms with Crippen LogP contribution in [0.25, 0.3) is 0 Å². The van der Waals surface area contributed by atoms with Crippen LogP contribution in [0, 0.1) is 12.8 Å². The number of benzene rings is 2. The van der Waals surface area contributed by atoms with Crippen molar-refractivity contribution in [1.82, 2.24) is 10.2 Å². The van der Waals surface area contributed by atoms with E-state index in [1.165, 1.54) is 5.69 Å². The van der Waals surface area contributed by atoms with Crippen molar-refractivity contribution in [2.75, 3.05) is 50.6 Å². The van der Waals surface area contributed by atoms with Crippen molar-refractivity contribution in [3.05, 3.63) is 53.6 Å². The molecular formula is C25H34N4O3. The van der Waals surface area contributed by atoms with Gasteiger partial charge in [0.1, 0.15) is 11.8 Å². The molecule has 0 radical (unpaired) electrons. The number of hydrogen-bond donors (Lipinski definition) is 2. The van der Waals surface area contributed by atoms with E-state index in [9.17, 15) is 9.59 Å². The van der Waals surface area contributed by atoms with Gasteiger partial charge in [-0.2, -0.15) is 0 Å². The average molecular weight is 439 g/mol. The van der Waals surface area contributed by atoms with Gasteiger partial charge < -0.3 is 25.2 Å². The number of carbonyl (C=O) groups is 2. The number of anilines is 2. The van der Waals surface area contributed by atoms with Crippen molar-refractivity contribution < 1.29 is 14.3 Å². The summed E-state index contributed by atoms with van der Waals surface area (Å²) in [6.07, 6.45) is 0. The van der Waals surface area contributed by atoms with E-state index in [-0.39, 0.29) is 17.7 Å². The van der Waals surface area contributed by atoms with Crippen LogP contribution in [0.2, 0.25) is 0 Å². The minimum Gasteiger partial charge on any atom is -0.497 e. The molecule has 0 saturated carbocycles. The van der Waals surface area contributed by atoms with Crippen molar-refractivity contribution in [2.24, 2.45) is 5.92 Å². The summed E-state index contributed by atoms with van der Waals surface area (Å²) in [6, 6.07) is 12.3. The molecule has 2 aromatic rings. The van der Waals surface area contributed by atoms with Crippen LogP contribution in [0.5, 0.6) is 5.75 Å². The zero-order valence-electron chi connectivity index (χ0n) is 19.6. The highest BCUT2D eigenvalue weighted by molar-refractivity contribution is 6.01. The molecule has 1 aliphatic heterocycles. The smallest absolute Gasteiger partial charge is 0.251 e. The monoisotopic (exact) mass is 438 g/mol. The first kappa shape index (κ1) is 23.6. The molecule has 7 nitrogen and oxygen atoms in total. The number of ether oxygens (including phenoxy) is 1. The van der Waals surface area contributed by atoms with Gasteiger partial charge >= 0.3 is 0 Å². The van der Waals surface area contributed by atoms with Crippen molar-refractivity contribution in [3.63, 3.8) is 0 Å². The topological polar surface area (TPSA) is 73.9 Å². The lowest BCUT2D eigenvalue weighted by molar-refractivity contribution is -0.118. The van der Waals surface area contributed by atoms with Gasteiger partial charge in [-0.15, -0.1) is 0 Å². The first-order chi connectivity index (χ1) is 15.3. The Hall–Kier alpha value is -3.06. The summed E-state index contributed by atoms with van der Waals surface area (Å²) < 4.78 is 5.13. The van der Waals surface area contributed by atoms with Crippen molar-refractivity contribution in [1.29, 1.82) is 0 Å². The summed E-state index contributed by atoms with van der Waals surface area (Å²) in [6.45, 7) is 9.91. The number of nitrogens with zero attached hydrogens (tertiary/aromatic N) is 2. The lowest BCUT2D eigenvalue weighted by Crippen LogP contribution is -2.47. The second-order valence-electron chi connectivity index (χ2n) is 8.70. The van der Waals surface area contributed by atoms with E-state index in [1.807, 2.05) is 32.9 Å². The largest absolute Gasteiger partial charge is 0.497 e. The quantitative estimate of drug-likeness (QED) is 0.695. The van der Waals surface area contributed by atoms with E-state index >= 15 is 0 Å². The Morgan fingerprint density at radius 1 is 1.00 bits per heavy atom. The lowest BCUT2D eigenvalue weighted by Gasteiger charge is -2.34. The maximum atomic E-state index is 13.0. The van der Waals surface area contributed by atoms with E-state index in [1.54, 1.807) is 31.4 Å². The van der Waals surface area contributed by atoms with Crippen molar-refractivity contribution >= 4 is 23.2 Å². The highest BCUT2D eigenvalue weighted by atomic mass is 16.5. The summed E-state index contributed by atoms with van der Waals surface area (Å²) in [4.78, 5) is 30.4. The lowest BCUT2D eigenvalue weighted by atomic mass is 10.0. The fraction of sp³-hybridized carbons (Fsp3) is 0.440. The van der Waals surface area contributed by atoms with Gasteiger partial charge in [0.2, 0.25) is 5.91 Å². The zero-order chi connectivity index (χ0) is 23.3. The summed E-state index contributed by atoms with van der Waals surface area (Å²) in [5.41, 5.74) is 3.41. The van der Waals surface area contributed by atoms with Gasteiger partial charge in [-0.25, -0.2) is 0 Å². The van der Waals surface area contributed by atoms with Gasteiger partial charge in [0.25, 0.3) is 5.91 Å². The number of aryl methyl sites for hydroxylation is 1. The van der Waals surface area contributed by atoms with Gasteiger partial charge in [0.15, 0.2) is 0 Å². The van der Waals surface area contributed by atoms with Crippen molar-refractivity contribution in [2.45, 2.75) is 26.8 Å². The molecule has 32 heavy (non-hydrogen) atoms. The Morgan fingerprint density at radius 3 is 2.22 bits per heavy atom. The number of rotatable bonds is 7. The van der Waals surface area contributed by atoms with Gasteiger partial charge in [-0.3, -0.25) is 9.59 Å². The minimum absolute atomic E-state index is 0.0675. The van der Waals surface area contributed by atoms with Gasteiger partial charge in [0, 0.05) is 43.1 Å². The van der Waals surface area contributed by atoms with Crippen LogP contribution in [0.4, 0.5) is 11.4 Å². The molecule has 0 spiro atoms. The zero-order valence-corrected chi connectivity index (χ0v) is 19.6. The van der Waals surface area contributed by atoms with Gasteiger partial charge in [0.05, 0.1) is 7.11 Å². The third-order valence-corrected chi connectivity index (χ3v) is 5.92. The molecule has 2 aromatic carbocycles. The fourth-order valence-corrected chi connectivity index (χ4v) is 3.76. The minimum atomic E-state index is -0.652. The summed E-state index contributed by atoms with van der Waals surface area (Å²) in [5, 5.41) is 5.88. The molecule has 2 amide bonds. The van der Waals surface area contributed by atoms with E-state index in [0.717, 1.165) is 37.4 Å². The number of amides is 2. The molecule has 172 valence electrons. The molecule has 1 saturated heterocycles. The third-order valence-electron chi connectivity index (χ3n) is 5.92. The Balaban J connectivity index is 1.66. The molecule has 1 fully saturated rings. The summed E-state index contributed by atoms with van der Waals surface area (Å²) >= 11 is 0. The Labute approximate surface area is 190 Å². The fourth-order valence-electron chi connectivity index (χ4n) is 3.76. The number of likely N-dealkylation sites (N-methyl/N-ethyl adjacent to an activating group) is 1. The van der Waals surface area contributed by atoms with Crippen LogP contribution >= 0.6 is 0 Å². The number of hydrogen-bond acceptors (Lipinski definition) is 5. The molecule has 0 aliphatic carbocycles. The first-order valence-corrected chi connectivity index (χ1v) is 11.1. The van der Waals surface area contributed by atoms with E-state index in [0.29, 0.717) is 11.3 Å². The molecule has 3 rings (SSSR count). The number of carbonyl (C=O) groups excluding carboxylic acids is 2. The second kappa shape index (κ2) is 10.5. The summed E-state index contributed by atoms with van der Waals surface area (Å²) in [7, 11) is 3.72. The number of piperazine rings is 1. The maximum absolute atomic E-state index is 13.0. The maximum Gasteiger partial charge on any atom is 0.251 e. The molecule has 0 aromatic heterocycles. The third kappa shape index (κ3) is 5.79. The van der Waals surface area contributed by atoms with Crippen LogP contribution in [-0.4, -0.2) is 63.1 Å². The van der Waals surface area contributed by atoms with Crippen LogP contribution in [0.1, 0.15) is 29.8 Å². The van der Waals surface area contributed by atoms with Gasteiger partial charge in [-0.05, 0) is 67.9 Å². The number of methoxy groups -OCH3 is 1.